The number of hydrogen-bond acceptors (Lipinski definition) is 1. The molecular weight excluding hydrogens is 191 g/mol. The van der Waals surface area contributed by atoms with E-state index in [1.165, 1.54) is 12.1 Å². The van der Waals surface area contributed by atoms with Crippen LogP contribution in [0.2, 0.25) is 0 Å². The maximum atomic E-state index is 12.7. The van der Waals surface area contributed by atoms with Gasteiger partial charge in [-0.25, -0.2) is 4.39 Å². The summed E-state index contributed by atoms with van der Waals surface area (Å²) in [4.78, 5) is 11.4. The molecule has 2 rings (SSSR count). The van der Waals surface area contributed by atoms with E-state index < -0.39 is 0 Å². The first-order valence-electron chi connectivity index (χ1n) is 4.86. The van der Waals surface area contributed by atoms with Gasteiger partial charge in [0.1, 0.15) is 5.82 Å². The van der Waals surface area contributed by atoms with Crippen molar-refractivity contribution in [3.8, 4) is 0 Å². The summed E-state index contributed by atoms with van der Waals surface area (Å²) in [6.07, 6.45) is 5.27. The largest absolute Gasteiger partial charge is 0.290 e. The van der Waals surface area contributed by atoms with E-state index in [4.69, 9.17) is 0 Å². The normalized spacial score (nSPS) is 22.7. The lowest BCUT2D eigenvalue weighted by atomic mass is 10.0. The Morgan fingerprint density at radius 3 is 2.47 bits per heavy atom. The molecular formula is C13H11FO. The molecule has 0 amide bonds. The Labute approximate surface area is 87.9 Å². The van der Waals surface area contributed by atoms with E-state index in [-0.39, 0.29) is 17.5 Å². The van der Waals surface area contributed by atoms with Crippen molar-refractivity contribution in [1.82, 2.24) is 0 Å². The predicted molar refractivity (Wildman–Crippen MR) is 57.7 cm³/mol. The molecule has 1 aromatic rings. The monoisotopic (exact) mass is 202 g/mol. The lowest BCUT2D eigenvalue weighted by molar-refractivity contribution is -0.111. The number of carbonyl (C=O) groups excluding carboxylic acids is 1. The Morgan fingerprint density at radius 1 is 1.27 bits per heavy atom. The van der Waals surface area contributed by atoms with Crippen molar-refractivity contribution in [3.63, 3.8) is 0 Å². The molecule has 0 saturated carbocycles. The highest BCUT2D eigenvalue weighted by molar-refractivity contribution is 6.10. The standard InChI is InChI=1S/C13H11FO/c1-9-2-7-13(15)12(9)8-10-3-5-11(14)6-4-10/h2-9H,1H3/b12-8+/t9-/m1/s1. The number of halogens is 1. The third-order valence-electron chi connectivity index (χ3n) is 2.50. The summed E-state index contributed by atoms with van der Waals surface area (Å²) in [7, 11) is 0. The van der Waals surface area contributed by atoms with Gasteiger partial charge in [0.25, 0.3) is 0 Å². The molecule has 15 heavy (non-hydrogen) atoms. The van der Waals surface area contributed by atoms with Crippen LogP contribution in [0.15, 0.2) is 42.0 Å². The average molecular weight is 202 g/mol. The Hall–Kier alpha value is -1.70. The summed E-state index contributed by atoms with van der Waals surface area (Å²) in [5.41, 5.74) is 1.62. The Morgan fingerprint density at radius 2 is 1.93 bits per heavy atom. The van der Waals surface area contributed by atoms with Crippen LogP contribution in [0.5, 0.6) is 0 Å². The van der Waals surface area contributed by atoms with Crippen LogP contribution in [0, 0.1) is 11.7 Å². The SMILES string of the molecule is C[C@@H]1C=CC(=O)/C1=C/c1ccc(F)cc1. The number of hydrogen-bond donors (Lipinski definition) is 0. The zero-order valence-electron chi connectivity index (χ0n) is 8.41. The molecule has 0 fully saturated rings. The van der Waals surface area contributed by atoms with E-state index in [1.807, 2.05) is 19.1 Å². The van der Waals surface area contributed by atoms with Gasteiger partial charge in [-0.2, -0.15) is 0 Å². The highest BCUT2D eigenvalue weighted by Crippen LogP contribution is 2.23. The highest BCUT2D eigenvalue weighted by atomic mass is 19.1. The van der Waals surface area contributed by atoms with Crippen LogP contribution in [0.1, 0.15) is 12.5 Å². The third kappa shape index (κ3) is 2.04. The Kier molecular flexibility index (Phi) is 2.50. The van der Waals surface area contributed by atoms with Gasteiger partial charge in [0.15, 0.2) is 5.78 Å². The van der Waals surface area contributed by atoms with Crippen molar-refractivity contribution in [2.75, 3.05) is 0 Å². The first-order chi connectivity index (χ1) is 7.16. The molecule has 1 aromatic carbocycles. The van der Waals surface area contributed by atoms with E-state index >= 15 is 0 Å². The molecule has 1 nitrogen and oxygen atoms in total. The molecule has 1 aliphatic rings. The molecule has 0 bridgehead atoms. The van der Waals surface area contributed by atoms with Crippen LogP contribution in [-0.4, -0.2) is 5.78 Å². The zero-order chi connectivity index (χ0) is 10.8. The Balaban J connectivity index is 2.31. The summed E-state index contributed by atoms with van der Waals surface area (Å²) in [6, 6.07) is 6.12. The van der Waals surface area contributed by atoms with Crippen LogP contribution in [-0.2, 0) is 4.79 Å². The van der Waals surface area contributed by atoms with Gasteiger partial charge in [-0.05, 0) is 29.8 Å². The lowest BCUT2D eigenvalue weighted by Gasteiger charge is -2.02. The number of benzene rings is 1. The van der Waals surface area contributed by atoms with E-state index in [0.29, 0.717) is 0 Å². The summed E-state index contributed by atoms with van der Waals surface area (Å²) >= 11 is 0. The van der Waals surface area contributed by atoms with Gasteiger partial charge in [0, 0.05) is 11.5 Å². The molecule has 0 radical (unpaired) electrons. The van der Waals surface area contributed by atoms with Crippen molar-refractivity contribution in [3.05, 3.63) is 53.4 Å². The summed E-state index contributed by atoms with van der Waals surface area (Å²) in [5, 5.41) is 0. The van der Waals surface area contributed by atoms with Gasteiger partial charge in [0.05, 0.1) is 0 Å². The Bertz CT molecular complexity index is 440. The average Bonchev–Trinajstić information content (AvgIpc) is 2.53. The second kappa shape index (κ2) is 3.81. The predicted octanol–water partition coefficient (Wildman–Crippen LogP) is 2.98. The molecule has 76 valence electrons. The fraction of sp³-hybridized carbons (Fsp3) is 0.154. The molecule has 1 atom stereocenters. The number of allylic oxidation sites excluding steroid dienone is 3. The van der Waals surface area contributed by atoms with Gasteiger partial charge in [0.2, 0.25) is 0 Å². The van der Waals surface area contributed by atoms with Crippen LogP contribution >= 0.6 is 0 Å². The fourth-order valence-corrected chi connectivity index (χ4v) is 1.60. The first-order valence-corrected chi connectivity index (χ1v) is 4.86. The van der Waals surface area contributed by atoms with Gasteiger partial charge < -0.3 is 0 Å². The van der Waals surface area contributed by atoms with E-state index in [1.54, 1.807) is 18.2 Å². The second-order valence-electron chi connectivity index (χ2n) is 3.66. The second-order valence-corrected chi connectivity index (χ2v) is 3.66. The van der Waals surface area contributed by atoms with E-state index in [2.05, 4.69) is 0 Å². The smallest absolute Gasteiger partial charge is 0.182 e. The third-order valence-corrected chi connectivity index (χ3v) is 2.50. The molecule has 0 spiro atoms. The lowest BCUT2D eigenvalue weighted by Crippen LogP contribution is -1.98. The summed E-state index contributed by atoms with van der Waals surface area (Å²) in [6.45, 7) is 1.97. The van der Waals surface area contributed by atoms with Gasteiger partial charge in [-0.3, -0.25) is 4.79 Å². The van der Waals surface area contributed by atoms with Gasteiger partial charge in [-0.15, -0.1) is 0 Å². The van der Waals surface area contributed by atoms with Crippen LogP contribution in [0.25, 0.3) is 6.08 Å². The van der Waals surface area contributed by atoms with Crippen molar-refractivity contribution in [2.45, 2.75) is 6.92 Å². The molecule has 0 N–H and O–H groups in total. The van der Waals surface area contributed by atoms with Crippen molar-refractivity contribution in [2.24, 2.45) is 5.92 Å². The maximum absolute atomic E-state index is 12.7. The zero-order valence-corrected chi connectivity index (χ0v) is 8.41. The van der Waals surface area contributed by atoms with Crippen LogP contribution in [0.4, 0.5) is 4.39 Å². The summed E-state index contributed by atoms with van der Waals surface area (Å²) < 4.78 is 12.7. The first kappa shape index (κ1) is 9.84. The van der Waals surface area contributed by atoms with Crippen molar-refractivity contribution >= 4 is 11.9 Å². The highest BCUT2D eigenvalue weighted by Gasteiger charge is 2.18. The minimum atomic E-state index is -0.263. The van der Waals surface area contributed by atoms with Crippen molar-refractivity contribution < 1.29 is 9.18 Å². The van der Waals surface area contributed by atoms with E-state index in [0.717, 1.165) is 11.1 Å². The topological polar surface area (TPSA) is 17.1 Å². The van der Waals surface area contributed by atoms with Crippen LogP contribution < -0.4 is 0 Å². The number of rotatable bonds is 1. The quantitative estimate of drug-likeness (QED) is 0.640. The molecule has 0 unspecified atom stereocenters. The molecule has 0 heterocycles. The fourth-order valence-electron chi connectivity index (χ4n) is 1.60. The minimum absolute atomic E-state index is 0.0480. The molecule has 0 saturated heterocycles. The summed E-state index contributed by atoms with van der Waals surface area (Å²) in [5.74, 6) is -0.0598. The minimum Gasteiger partial charge on any atom is -0.290 e. The molecule has 0 aliphatic heterocycles. The molecule has 2 heteroatoms. The van der Waals surface area contributed by atoms with Crippen molar-refractivity contribution in [1.29, 1.82) is 0 Å². The molecule has 1 aliphatic carbocycles. The number of carbonyl (C=O) groups is 1. The molecule has 0 aromatic heterocycles. The van der Waals surface area contributed by atoms with Gasteiger partial charge in [-0.1, -0.05) is 25.1 Å². The number of ketones is 1. The van der Waals surface area contributed by atoms with Gasteiger partial charge >= 0.3 is 0 Å². The van der Waals surface area contributed by atoms with E-state index in [9.17, 15) is 9.18 Å². The van der Waals surface area contributed by atoms with Crippen LogP contribution in [0.3, 0.4) is 0 Å². The maximum Gasteiger partial charge on any atom is 0.182 e.